The van der Waals surface area contributed by atoms with E-state index in [2.05, 4.69) is 186 Å². The Hall–Kier alpha value is -6.48. The van der Waals surface area contributed by atoms with E-state index in [0.717, 1.165) is 40.9 Å². The fourth-order valence-electron chi connectivity index (χ4n) is 25.1. The topological polar surface area (TPSA) is 214 Å². The summed E-state index contributed by atoms with van der Waals surface area (Å²) in [6, 6.07) is 31.5. The molecule has 0 bridgehead atoms. The van der Waals surface area contributed by atoms with Gasteiger partial charge in [-0.15, -0.1) is 34.5 Å². The SMILES string of the molecule is CC.CC(=O)C1C(C#CCl)C1(C)C.CC(=O)C1C(C=C(Cl)Cl)C12CCC2.CC(=O)C1C(C=C2CCOC2=O)C1(C)C.CC(=O)C1C(C=C2CCSC2=O)C1(C)C.CC(=O)C1C(c2ccc(C)cc2)C1(C)C.CC(=O)C1C(c2ccc(C)cc2)C1(Cl)Cl.CC(=O)C1C(c2cccs2)C1(C)C.CC1(c2ccccc2)CC1.CCC(=CC1C(C(C)=O)C1(C)C)C(C)=O.CCCC1(C)C(C(C)=O)C12CCCC2. The van der Waals surface area contributed by atoms with Crippen molar-refractivity contribution in [3.8, 4) is 11.3 Å². The first kappa shape index (κ1) is 117. The van der Waals surface area contributed by atoms with Crippen LogP contribution in [0.1, 0.15) is 334 Å². The summed E-state index contributed by atoms with van der Waals surface area (Å²) in [7, 11) is 0. The number of esters is 1. The standard InChI is InChI=1S/C14H18O.C13H20O2.C13H22O.C12H12Cl2O.C12H16O3.C12H16O2S.C11H14OS.C10H12Cl2O.C10H12.C9H11ClO.C2H6/c1-9-5-7-11(8-6-9)13-12(10(2)15)14(13,3)4;1-6-10(8(2)14)7-11-12(9(3)15)13(11,4)5;1-4-7-12(3)11(10(2)14)13(12)8-5-6-9-13;1-7-3-5-9(6-4-7)11-10(8(2)15)12(11,13)14;2*1-7(13)10-9(12(10,2)3)6-8-4-5-15-11(8)14;1-7(12)9-10(11(9,2)3)8-5-4-6-13-8;1-6(13)9-7(5-8(11)12)10(9)3-2-4-10;1-10(7-8-10)9-5-3-2-4-6-9;1-6(11)8-7(4-5-10)9(8,2)3;1-2/h5-8,12-13H,1-4H3;7,11-12H,6H2,1-5H3;11H,4-9H2,1-3H3;3-6,10-11H,1-2H3;2*6,9-10H,4-5H2,1-3H3;4-6,9-10H,1-3H3;5,7,9H,2-4H2,1H3;2-6H,7-8H2,1H3;7-8H,1-3H3;1-2H3. The zero-order valence-corrected chi connectivity index (χ0v) is 93.6. The molecule has 0 N–H and O–H groups in total. The Morgan fingerprint density at radius 3 is 1.24 bits per heavy atom. The molecule has 18 unspecified atom stereocenters. The number of benzene rings is 3. The fourth-order valence-corrected chi connectivity index (χ4v) is 28.4. The third-order valence-electron chi connectivity index (χ3n) is 33.9. The third kappa shape index (κ3) is 26.4. The van der Waals surface area contributed by atoms with Crippen molar-refractivity contribution in [2.75, 3.05) is 12.4 Å². The Morgan fingerprint density at radius 2 is 0.913 bits per heavy atom. The third-order valence-corrected chi connectivity index (χ3v) is 37.1. The van der Waals surface area contributed by atoms with Gasteiger partial charge < -0.3 is 4.74 Å². The molecule has 2 saturated heterocycles. The van der Waals surface area contributed by atoms with Gasteiger partial charge in [0.05, 0.1) is 12.5 Å². The van der Waals surface area contributed by atoms with Crippen LogP contribution in [0, 0.1) is 157 Å². The van der Waals surface area contributed by atoms with Crippen molar-refractivity contribution < 1.29 is 62.3 Å². The van der Waals surface area contributed by atoms with Crippen LogP contribution in [0.3, 0.4) is 0 Å². The smallest absolute Gasteiger partial charge is 0.333 e. The summed E-state index contributed by atoms with van der Waals surface area (Å²) in [4.78, 5) is 137. The van der Waals surface area contributed by atoms with Crippen LogP contribution in [-0.4, -0.2) is 85.6 Å². The van der Waals surface area contributed by atoms with E-state index in [9.17, 15) is 57.5 Å². The van der Waals surface area contributed by atoms with Crippen LogP contribution in [0.2, 0.25) is 0 Å². The summed E-state index contributed by atoms with van der Waals surface area (Å²) in [6.07, 6.45) is 24.3. The number of hydrogen-bond acceptors (Lipinski definition) is 15. The fraction of sp³-hybridized carbons (Fsp3) is 0.627. The van der Waals surface area contributed by atoms with Crippen LogP contribution < -0.4 is 0 Å². The summed E-state index contributed by atoms with van der Waals surface area (Å²) >= 11 is 31.8. The minimum atomic E-state index is -0.902. The Labute approximate surface area is 860 Å². The number of ketones is 10. The number of carbonyl (C=O) groups is 12. The number of aryl methyl sites for hydroxylation is 2. The van der Waals surface area contributed by atoms with Crippen molar-refractivity contribution in [1.29, 1.82) is 0 Å². The number of allylic oxidation sites excluding steroid dienone is 5. The number of halogens is 5. The van der Waals surface area contributed by atoms with E-state index in [-0.39, 0.29) is 166 Å². The average molecular weight is 2030 g/mol. The Balaban J connectivity index is 0.000000188. The predicted octanol–water partition coefficient (Wildman–Crippen LogP) is 29.5. The number of Topliss-reactive ketones (excluding diaryl/α,β-unsaturated/α-hetero) is 10. The minimum Gasteiger partial charge on any atom is -0.462 e. The number of thiophene rings is 1. The molecular weight excluding hydrogens is 1870 g/mol. The Bertz CT molecular complexity index is 5090. The minimum absolute atomic E-state index is 0.0156. The van der Waals surface area contributed by atoms with Crippen LogP contribution >= 0.6 is 81.1 Å². The maximum atomic E-state index is 11.7. The van der Waals surface area contributed by atoms with Gasteiger partial charge >= 0.3 is 5.97 Å². The monoisotopic (exact) mass is 2020 g/mol. The number of cyclic esters (lactones) is 1. The molecular formula is C118H159Cl5O13S2. The molecule has 14 fully saturated rings. The number of thioether (sulfide) groups is 1. The lowest BCUT2D eigenvalue weighted by Gasteiger charge is -2.27. The van der Waals surface area contributed by atoms with Crippen LogP contribution in [0.25, 0.3) is 0 Å². The normalized spacial score (nSPS) is 30.9. The van der Waals surface area contributed by atoms with Gasteiger partial charge in [-0.1, -0.05) is 305 Å². The molecule has 20 heteroatoms. The van der Waals surface area contributed by atoms with Crippen molar-refractivity contribution >= 4 is 150 Å². The van der Waals surface area contributed by atoms with E-state index in [1.807, 2.05) is 84.0 Å². The molecule has 18 atom stereocenters. The largest absolute Gasteiger partial charge is 0.462 e. The molecule has 1 aromatic heterocycles. The molecule has 2 aliphatic heterocycles. The highest BCUT2D eigenvalue weighted by Crippen LogP contribution is 2.78. The molecule has 12 saturated carbocycles. The van der Waals surface area contributed by atoms with Crippen LogP contribution in [0.5, 0.6) is 0 Å². The van der Waals surface area contributed by atoms with E-state index >= 15 is 0 Å². The average Bonchev–Trinajstić information content (AvgIpc) is 1.49. The molecule has 13 nitrogen and oxygen atoms in total. The molecule has 756 valence electrons. The van der Waals surface area contributed by atoms with Crippen molar-refractivity contribution in [2.45, 2.75) is 325 Å². The van der Waals surface area contributed by atoms with Crippen molar-refractivity contribution in [1.82, 2.24) is 0 Å². The summed E-state index contributed by atoms with van der Waals surface area (Å²) in [6.45, 7) is 59.4. The van der Waals surface area contributed by atoms with Gasteiger partial charge in [-0.3, -0.25) is 52.7 Å². The number of hydrogen-bond donors (Lipinski definition) is 0. The zero-order chi connectivity index (χ0) is 104. The van der Waals surface area contributed by atoms with Gasteiger partial charge in [0.25, 0.3) is 0 Å². The lowest BCUT2D eigenvalue weighted by Crippen LogP contribution is -2.18. The molecule has 12 aliphatic carbocycles. The van der Waals surface area contributed by atoms with E-state index < -0.39 is 4.33 Å². The highest BCUT2D eigenvalue weighted by atomic mass is 35.5. The Morgan fingerprint density at radius 1 is 0.464 bits per heavy atom. The van der Waals surface area contributed by atoms with Crippen molar-refractivity contribution in [2.24, 2.45) is 132 Å². The molecule has 138 heavy (non-hydrogen) atoms. The summed E-state index contributed by atoms with van der Waals surface area (Å²) in [5, 5.41) is 4.63. The molecule has 0 amide bonds. The second-order valence-electron chi connectivity index (χ2n) is 45.7. The summed E-state index contributed by atoms with van der Waals surface area (Å²) < 4.78 is 4.27. The van der Waals surface area contributed by atoms with E-state index in [0.29, 0.717) is 74.8 Å². The van der Waals surface area contributed by atoms with Gasteiger partial charge in [-0.05, 0) is 276 Å². The zero-order valence-electron chi connectivity index (χ0n) is 88.2. The molecule has 0 radical (unpaired) electrons. The van der Waals surface area contributed by atoms with Gasteiger partial charge in [-0.2, -0.15) is 0 Å². The molecule has 2 spiro atoms. The number of rotatable bonds is 21. The summed E-state index contributed by atoms with van der Waals surface area (Å²) in [5.41, 5.74) is 11.0. The van der Waals surface area contributed by atoms with Crippen LogP contribution in [0.15, 0.2) is 142 Å². The van der Waals surface area contributed by atoms with Gasteiger partial charge in [0.1, 0.15) is 60.9 Å². The van der Waals surface area contributed by atoms with Gasteiger partial charge in [-0.25, -0.2) is 4.79 Å². The van der Waals surface area contributed by atoms with E-state index in [1.54, 1.807) is 80.6 Å². The first-order chi connectivity index (χ1) is 64.1. The van der Waals surface area contributed by atoms with Gasteiger partial charge in [0, 0.05) is 98.7 Å². The summed E-state index contributed by atoms with van der Waals surface area (Å²) in [5.74, 6) is 9.42. The molecule has 3 heterocycles. The lowest BCUT2D eigenvalue weighted by molar-refractivity contribution is -0.135. The van der Waals surface area contributed by atoms with E-state index in [4.69, 9.17) is 62.7 Å². The van der Waals surface area contributed by atoms with Crippen LogP contribution in [0.4, 0.5) is 0 Å². The highest BCUT2D eigenvalue weighted by Gasteiger charge is 2.75. The second kappa shape index (κ2) is 46.3. The Kier molecular flexibility index (Phi) is 39.2. The molecule has 3 aromatic carbocycles. The number of carbonyl (C=O) groups excluding carboxylic acids is 12. The lowest BCUT2D eigenvalue weighted by atomic mass is 9.78. The van der Waals surface area contributed by atoms with Crippen molar-refractivity contribution in [3.05, 3.63) is 175 Å². The molecule has 4 aromatic rings. The van der Waals surface area contributed by atoms with Gasteiger partial charge in [0.2, 0.25) is 5.12 Å². The first-order valence-electron chi connectivity index (χ1n) is 50.4. The molecule has 14 aliphatic rings. The maximum absolute atomic E-state index is 11.7. The molecule has 18 rings (SSSR count). The quantitative estimate of drug-likeness (QED) is 0.0328. The second-order valence-corrected chi connectivity index (χ2v) is 50.4. The van der Waals surface area contributed by atoms with Crippen LogP contribution in [-0.2, 0) is 67.7 Å². The predicted molar refractivity (Wildman–Crippen MR) is 568 cm³/mol. The first-order valence-corrected chi connectivity index (χ1v) is 54.1. The number of alkyl halides is 2. The van der Waals surface area contributed by atoms with Crippen molar-refractivity contribution in [3.63, 3.8) is 0 Å². The highest BCUT2D eigenvalue weighted by molar-refractivity contribution is 8.14. The van der Waals surface area contributed by atoms with Gasteiger partial charge in [0.15, 0.2) is 5.78 Å². The number of ether oxygens (including phenoxy) is 1. The maximum Gasteiger partial charge on any atom is 0.333 e. The van der Waals surface area contributed by atoms with E-state index in [1.165, 1.54) is 110 Å².